The third-order valence-corrected chi connectivity index (χ3v) is 6.16. The summed E-state index contributed by atoms with van der Waals surface area (Å²) < 4.78 is 0. The van der Waals surface area contributed by atoms with E-state index in [2.05, 4.69) is 102 Å². The van der Waals surface area contributed by atoms with Gasteiger partial charge in [-0.05, 0) is 50.7 Å². The van der Waals surface area contributed by atoms with Crippen LogP contribution in [0.25, 0.3) is 11.1 Å². The van der Waals surface area contributed by atoms with Crippen LogP contribution in [0.3, 0.4) is 0 Å². The molecule has 0 saturated carbocycles. The molecule has 0 aromatic heterocycles. The molecule has 0 bridgehead atoms. The highest BCUT2D eigenvalue weighted by molar-refractivity contribution is 5.79. The van der Waals surface area contributed by atoms with Gasteiger partial charge in [-0.15, -0.1) is 0 Å². The van der Waals surface area contributed by atoms with Crippen LogP contribution >= 0.6 is 0 Å². The van der Waals surface area contributed by atoms with Gasteiger partial charge < -0.3 is 0 Å². The first-order chi connectivity index (χ1) is 12.7. The highest BCUT2D eigenvalue weighted by Gasteiger charge is 2.34. The second kappa shape index (κ2) is 6.23. The highest BCUT2D eigenvalue weighted by atomic mass is 14.4. The molecule has 2 atom stereocenters. The van der Waals surface area contributed by atoms with Gasteiger partial charge >= 0.3 is 0 Å². The number of fused-ring (bicyclic) bond motifs is 2. The summed E-state index contributed by atoms with van der Waals surface area (Å²) >= 11 is 0. The molecule has 0 N–H and O–H groups in total. The molecule has 140 valence electrons. The first-order valence-corrected chi connectivity index (χ1v) is 10.3. The van der Waals surface area contributed by atoms with Crippen LogP contribution in [0.2, 0.25) is 0 Å². The molecule has 0 aliphatic heterocycles. The van der Waals surface area contributed by atoms with Crippen molar-refractivity contribution in [1.29, 1.82) is 0 Å². The van der Waals surface area contributed by atoms with E-state index >= 15 is 0 Å². The topological polar surface area (TPSA) is 0 Å². The van der Waals surface area contributed by atoms with E-state index in [0.717, 1.165) is 6.42 Å². The lowest BCUT2D eigenvalue weighted by atomic mass is 9.83. The second-order valence-corrected chi connectivity index (χ2v) is 10.3. The van der Waals surface area contributed by atoms with Gasteiger partial charge in [0.15, 0.2) is 0 Å². The molecule has 2 aliphatic carbocycles. The molecular weight excluding hydrogens is 324 g/mol. The summed E-state index contributed by atoms with van der Waals surface area (Å²) in [5.41, 5.74) is 9.33. The Bertz CT molecular complexity index is 847. The Morgan fingerprint density at radius 3 is 1.33 bits per heavy atom. The van der Waals surface area contributed by atoms with Crippen molar-refractivity contribution in [3.63, 3.8) is 0 Å². The predicted octanol–water partition coefficient (Wildman–Crippen LogP) is 7.83. The fourth-order valence-corrected chi connectivity index (χ4v) is 4.86. The minimum Gasteiger partial charge on any atom is -0.0726 e. The van der Waals surface area contributed by atoms with E-state index < -0.39 is 0 Å². The zero-order valence-corrected chi connectivity index (χ0v) is 17.6. The van der Waals surface area contributed by atoms with Crippen molar-refractivity contribution in [2.45, 2.75) is 59.8 Å². The number of allylic oxidation sites excluding steroid dienone is 4. The molecule has 0 spiro atoms. The van der Waals surface area contributed by atoms with Gasteiger partial charge in [0.1, 0.15) is 0 Å². The van der Waals surface area contributed by atoms with E-state index in [1.54, 1.807) is 0 Å². The molecule has 2 aliphatic rings. The lowest BCUT2D eigenvalue weighted by Gasteiger charge is -2.21. The fourth-order valence-electron chi connectivity index (χ4n) is 4.86. The van der Waals surface area contributed by atoms with Crippen LogP contribution in [0.15, 0.2) is 60.7 Å². The maximum absolute atomic E-state index is 2.55. The first-order valence-electron chi connectivity index (χ1n) is 10.3. The summed E-state index contributed by atoms with van der Waals surface area (Å²) in [6.07, 6.45) is 6.26. The molecule has 2 aromatic carbocycles. The van der Waals surface area contributed by atoms with Gasteiger partial charge in [0.05, 0.1) is 0 Å². The average Bonchev–Trinajstić information content (AvgIpc) is 3.15. The molecule has 2 aromatic rings. The Balaban J connectivity index is 1.73. The standard InChI is InChI=1S/C27H32/c1-26(2,3)24-16-18(20-11-7-9-13-22(20)24)15-19-17-25(27(4,5)6)23-14-10-8-12-21(19)23/h7-14,16-19H,15H2,1-6H3. The van der Waals surface area contributed by atoms with Crippen LogP contribution in [0.5, 0.6) is 0 Å². The zero-order valence-electron chi connectivity index (χ0n) is 17.6. The van der Waals surface area contributed by atoms with Crippen molar-refractivity contribution < 1.29 is 0 Å². The quantitative estimate of drug-likeness (QED) is 0.514. The van der Waals surface area contributed by atoms with E-state index in [1.807, 2.05) is 0 Å². The molecule has 4 rings (SSSR count). The third-order valence-electron chi connectivity index (χ3n) is 6.16. The normalized spacial score (nSPS) is 21.6. The SMILES string of the molecule is CC(C)(C)C1=CC(CC2C=C(C(C)(C)C)c3ccccc32)c2ccccc21. The third kappa shape index (κ3) is 3.20. The largest absolute Gasteiger partial charge is 0.0726 e. The Morgan fingerprint density at radius 1 is 0.593 bits per heavy atom. The summed E-state index contributed by atoms with van der Waals surface area (Å²) in [7, 11) is 0. The number of hydrogen-bond acceptors (Lipinski definition) is 0. The molecule has 0 heteroatoms. The second-order valence-electron chi connectivity index (χ2n) is 10.3. The minimum absolute atomic E-state index is 0.185. The van der Waals surface area contributed by atoms with Crippen LogP contribution in [-0.2, 0) is 0 Å². The van der Waals surface area contributed by atoms with Gasteiger partial charge in [0.2, 0.25) is 0 Å². The summed E-state index contributed by atoms with van der Waals surface area (Å²) in [6, 6.07) is 18.1. The van der Waals surface area contributed by atoms with E-state index in [0.29, 0.717) is 11.8 Å². The Morgan fingerprint density at radius 2 is 0.963 bits per heavy atom. The lowest BCUT2D eigenvalue weighted by Crippen LogP contribution is -2.06. The molecule has 0 amide bonds. The Hall–Kier alpha value is -2.08. The molecule has 0 fully saturated rings. The monoisotopic (exact) mass is 356 g/mol. The number of hydrogen-bond donors (Lipinski definition) is 0. The maximum Gasteiger partial charge on any atom is 0.00390 e. The number of rotatable bonds is 2. The van der Waals surface area contributed by atoms with Gasteiger partial charge in [-0.25, -0.2) is 0 Å². The molecule has 0 saturated heterocycles. The Labute approximate surface area is 165 Å². The number of benzene rings is 2. The van der Waals surface area contributed by atoms with Gasteiger partial charge in [0.25, 0.3) is 0 Å². The summed E-state index contributed by atoms with van der Waals surface area (Å²) in [5, 5.41) is 0. The highest BCUT2D eigenvalue weighted by Crippen LogP contribution is 2.51. The molecule has 27 heavy (non-hydrogen) atoms. The van der Waals surface area contributed by atoms with Crippen molar-refractivity contribution >= 4 is 11.1 Å². The summed E-state index contributed by atoms with van der Waals surface area (Å²) in [5.74, 6) is 1.01. The molecule has 2 unspecified atom stereocenters. The fraction of sp³-hybridized carbons (Fsp3) is 0.407. The predicted molar refractivity (Wildman–Crippen MR) is 118 cm³/mol. The van der Waals surface area contributed by atoms with E-state index in [1.165, 1.54) is 33.4 Å². The first kappa shape index (κ1) is 18.3. The van der Waals surface area contributed by atoms with Crippen LogP contribution in [0, 0.1) is 10.8 Å². The molecule has 0 radical (unpaired) electrons. The van der Waals surface area contributed by atoms with Gasteiger partial charge in [-0.3, -0.25) is 0 Å². The van der Waals surface area contributed by atoms with Gasteiger partial charge in [-0.2, -0.15) is 0 Å². The van der Waals surface area contributed by atoms with E-state index in [9.17, 15) is 0 Å². The van der Waals surface area contributed by atoms with E-state index in [4.69, 9.17) is 0 Å². The van der Waals surface area contributed by atoms with Crippen LogP contribution < -0.4 is 0 Å². The Kier molecular flexibility index (Phi) is 4.22. The van der Waals surface area contributed by atoms with E-state index in [-0.39, 0.29) is 10.8 Å². The summed E-state index contributed by atoms with van der Waals surface area (Å²) in [4.78, 5) is 0. The maximum atomic E-state index is 2.55. The molecule has 0 nitrogen and oxygen atoms in total. The minimum atomic E-state index is 0.185. The zero-order chi connectivity index (χ0) is 19.4. The van der Waals surface area contributed by atoms with Crippen LogP contribution in [-0.4, -0.2) is 0 Å². The van der Waals surface area contributed by atoms with Crippen molar-refractivity contribution in [3.8, 4) is 0 Å². The summed E-state index contributed by atoms with van der Waals surface area (Å²) in [6.45, 7) is 14.0. The van der Waals surface area contributed by atoms with Crippen molar-refractivity contribution in [3.05, 3.63) is 82.9 Å². The van der Waals surface area contributed by atoms with Gasteiger partial charge in [-0.1, -0.05) is 102 Å². The van der Waals surface area contributed by atoms with Crippen molar-refractivity contribution in [2.75, 3.05) is 0 Å². The van der Waals surface area contributed by atoms with Crippen LogP contribution in [0.4, 0.5) is 0 Å². The van der Waals surface area contributed by atoms with Crippen molar-refractivity contribution in [2.24, 2.45) is 10.8 Å². The van der Waals surface area contributed by atoms with Gasteiger partial charge in [0, 0.05) is 11.8 Å². The van der Waals surface area contributed by atoms with Crippen LogP contribution in [0.1, 0.15) is 82.1 Å². The molecule has 0 heterocycles. The lowest BCUT2D eigenvalue weighted by molar-refractivity contribution is 0.565. The van der Waals surface area contributed by atoms with Crippen molar-refractivity contribution in [1.82, 2.24) is 0 Å². The average molecular weight is 357 g/mol. The smallest absolute Gasteiger partial charge is 0.00390 e. The molecular formula is C27H32.